The van der Waals surface area contributed by atoms with Gasteiger partial charge >= 0.3 is 6.18 Å². The number of halogens is 7. The molecular weight excluding hydrogens is 607 g/mol. The van der Waals surface area contributed by atoms with Gasteiger partial charge < -0.3 is 10.6 Å². The number of non-ortho nitro benzene ring substituents is 1. The van der Waals surface area contributed by atoms with Crippen LogP contribution in [-0.4, -0.2) is 16.7 Å². The molecule has 1 unspecified atom stereocenters. The van der Waals surface area contributed by atoms with Crippen LogP contribution in [0.25, 0.3) is 0 Å². The molecule has 0 fully saturated rings. The lowest BCUT2D eigenvalue weighted by Crippen LogP contribution is -2.23. The fourth-order valence-corrected chi connectivity index (χ4v) is 4.82. The second kappa shape index (κ2) is 12.5. The Bertz CT molecular complexity index is 1670. The Morgan fingerprint density at radius 2 is 1.40 bits per heavy atom. The zero-order chi connectivity index (χ0) is 31.5. The SMILES string of the molecule is O=C(Nc1ccc(SC(C(=O)Nc2c(F)c(F)c(C(F)(F)F)c(F)c2F)c2ccccc2)cc1)c1cccc([N+](=O)[O-])c1. The average molecular weight is 624 g/mol. The molecule has 15 heteroatoms. The van der Waals surface area contributed by atoms with Gasteiger partial charge in [0.2, 0.25) is 5.91 Å². The Hall–Kier alpha value is -4.92. The number of carbonyl (C=O) groups is 2. The molecule has 2 amide bonds. The van der Waals surface area contributed by atoms with Crippen LogP contribution >= 0.6 is 11.8 Å². The molecule has 7 nitrogen and oxygen atoms in total. The number of hydrogen-bond donors (Lipinski definition) is 2. The number of alkyl halides is 3. The number of nitro benzene ring substituents is 1. The highest BCUT2D eigenvalue weighted by Crippen LogP contribution is 2.40. The van der Waals surface area contributed by atoms with Gasteiger partial charge in [0, 0.05) is 28.3 Å². The Kier molecular flexibility index (Phi) is 9.04. The summed E-state index contributed by atoms with van der Waals surface area (Å²) in [5.74, 6) is -12.1. The summed E-state index contributed by atoms with van der Waals surface area (Å²) in [6, 6.07) is 18.4. The smallest absolute Gasteiger partial charge is 0.322 e. The summed E-state index contributed by atoms with van der Waals surface area (Å²) >= 11 is 0.814. The van der Waals surface area contributed by atoms with Crippen molar-refractivity contribution in [3.63, 3.8) is 0 Å². The van der Waals surface area contributed by atoms with Crippen LogP contribution in [0.2, 0.25) is 0 Å². The van der Waals surface area contributed by atoms with E-state index in [-0.39, 0.29) is 22.5 Å². The van der Waals surface area contributed by atoms with Crippen molar-refractivity contribution in [1.82, 2.24) is 0 Å². The first-order valence-corrected chi connectivity index (χ1v) is 12.8. The number of carbonyl (C=O) groups excluding carboxylic acids is 2. The van der Waals surface area contributed by atoms with Gasteiger partial charge in [-0.25, -0.2) is 17.6 Å². The van der Waals surface area contributed by atoms with Crippen molar-refractivity contribution in [1.29, 1.82) is 0 Å². The quantitative estimate of drug-likeness (QED) is 0.0684. The van der Waals surface area contributed by atoms with Crippen LogP contribution < -0.4 is 10.6 Å². The van der Waals surface area contributed by atoms with E-state index in [0.29, 0.717) is 4.90 Å². The van der Waals surface area contributed by atoms with Crippen molar-refractivity contribution < 1.29 is 45.2 Å². The molecule has 0 radical (unpaired) electrons. The topological polar surface area (TPSA) is 101 Å². The van der Waals surface area contributed by atoms with Gasteiger partial charge in [0.05, 0.1) is 4.92 Å². The minimum atomic E-state index is -5.74. The molecule has 0 heterocycles. The number of hydrogen-bond acceptors (Lipinski definition) is 5. The van der Waals surface area contributed by atoms with E-state index in [1.54, 1.807) is 11.4 Å². The molecule has 0 saturated carbocycles. The molecule has 0 saturated heterocycles. The Labute approximate surface area is 241 Å². The number of thioether (sulfide) groups is 1. The number of rotatable bonds is 8. The van der Waals surface area contributed by atoms with Gasteiger partial charge in [-0.1, -0.05) is 36.4 Å². The third-order valence-corrected chi connectivity index (χ3v) is 7.09. The Morgan fingerprint density at radius 1 is 0.791 bits per heavy atom. The highest BCUT2D eigenvalue weighted by atomic mass is 32.2. The maximum Gasteiger partial charge on any atom is 0.422 e. The summed E-state index contributed by atoms with van der Waals surface area (Å²) in [7, 11) is 0. The number of benzene rings is 4. The summed E-state index contributed by atoms with van der Waals surface area (Å²) in [5, 5.41) is 13.8. The zero-order valence-electron chi connectivity index (χ0n) is 21.2. The van der Waals surface area contributed by atoms with Gasteiger partial charge in [-0.3, -0.25) is 19.7 Å². The molecule has 4 rings (SSSR count). The van der Waals surface area contributed by atoms with Crippen LogP contribution in [0.4, 0.5) is 47.8 Å². The molecule has 4 aromatic rings. The highest BCUT2D eigenvalue weighted by Gasteiger charge is 2.42. The van der Waals surface area contributed by atoms with Crippen molar-refractivity contribution >= 4 is 40.6 Å². The molecule has 43 heavy (non-hydrogen) atoms. The van der Waals surface area contributed by atoms with E-state index in [2.05, 4.69) is 5.32 Å². The average Bonchev–Trinajstić information content (AvgIpc) is 2.97. The van der Waals surface area contributed by atoms with Gasteiger partial charge in [0.25, 0.3) is 11.6 Å². The summed E-state index contributed by atoms with van der Waals surface area (Å²) < 4.78 is 95.9. The second-order valence-electron chi connectivity index (χ2n) is 8.69. The lowest BCUT2D eigenvalue weighted by Gasteiger charge is -2.19. The second-order valence-corrected chi connectivity index (χ2v) is 9.87. The van der Waals surface area contributed by atoms with E-state index in [1.807, 2.05) is 0 Å². The maximum absolute atomic E-state index is 14.4. The van der Waals surface area contributed by atoms with Crippen LogP contribution in [0.15, 0.2) is 83.8 Å². The Morgan fingerprint density at radius 3 is 1.95 bits per heavy atom. The number of anilines is 2. The zero-order valence-corrected chi connectivity index (χ0v) is 22.0. The summed E-state index contributed by atoms with van der Waals surface area (Å²) in [5.41, 5.74) is -4.24. The maximum atomic E-state index is 14.4. The van der Waals surface area contributed by atoms with Crippen molar-refractivity contribution in [3.8, 4) is 0 Å². The van der Waals surface area contributed by atoms with E-state index < -0.39 is 62.7 Å². The van der Waals surface area contributed by atoms with Gasteiger partial charge in [-0.15, -0.1) is 11.8 Å². The van der Waals surface area contributed by atoms with Crippen molar-refractivity contribution in [2.24, 2.45) is 0 Å². The van der Waals surface area contributed by atoms with E-state index in [0.717, 1.165) is 17.8 Å². The van der Waals surface area contributed by atoms with Gasteiger partial charge in [0.1, 0.15) is 16.5 Å². The number of nitrogens with one attached hydrogen (secondary N) is 2. The number of nitrogens with zero attached hydrogens (tertiary/aromatic N) is 1. The van der Waals surface area contributed by atoms with E-state index in [9.17, 15) is 50.4 Å². The van der Waals surface area contributed by atoms with Crippen LogP contribution in [0.5, 0.6) is 0 Å². The minimum Gasteiger partial charge on any atom is -0.322 e. The standard InChI is InChI=1S/C28H16F7N3O4S/c29-20-19(28(33,34)35)21(30)23(32)24(22(20)31)37-27(40)25(14-5-2-1-3-6-14)43-18-11-9-16(10-12-18)36-26(39)15-7-4-8-17(13-15)38(41)42/h1-13,25H,(H,36,39)(H,37,40). The van der Waals surface area contributed by atoms with Crippen LogP contribution in [0.1, 0.15) is 26.7 Å². The van der Waals surface area contributed by atoms with Crippen LogP contribution in [0, 0.1) is 33.4 Å². The van der Waals surface area contributed by atoms with Gasteiger partial charge in [0.15, 0.2) is 23.3 Å². The van der Waals surface area contributed by atoms with Crippen LogP contribution in [-0.2, 0) is 11.0 Å². The monoisotopic (exact) mass is 623 g/mol. The molecule has 0 aliphatic rings. The molecule has 0 aromatic heterocycles. The Balaban J connectivity index is 1.57. The predicted molar refractivity (Wildman–Crippen MR) is 142 cm³/mol. The van der Waals surface area contributed by atoms with Crippen LogP contribution in [0.3, 0.4) is 0 Å². The third-order valence-electron chi connectivity index (χ3n) is 5.82. The lowest BCUT2D eigenvalue weighted by molar-refractivity contribution is -0.384. The fraction of sp³-hybridized carbons (Fsp3) is 0.0714. The number of amides is 2. The normalized spacial score (nSPS) is 12.0. The molecule has 222 valence electrons. The molecule has 0 bridgehead atoms. The minimum absolute atomic E-state index is 0.0177. The van der Waals surface area contributed by atoms with Gasteiger partial charge in [-0.05, 0) is 35.9 Å². The van der Waals surface area contributed by atoms with Crippen molar-refractivity contribution in [3.05, 3.63) is 129 Å². The van der Waals surface area contributed by atoms with E-state index in [4.69, 9.17) is 0 Å². The molecule has 1 atom stereocenters. The molecule has 0 aliphatic carbocycles. The van der Waals surface area contributed by atoms with Crippen molar-refractivity contribution in [2.45, 2.75) is 16.3 Å². The van der Waals surface area contributed by atoms with Gasteiger partial charge in [-0.2, -0.15) is 13.2 Å². The molecule has 4 aromatic carbocycles. The molecule has 0 aliphatic heterocycles. The molecular formula is C28H16F7N3O4S. The highest BCUT2D eigenvalue weighted by molar-refractivity contribution is 8.00. The first-order chi connectivity index (χ1) is 20.3. The first-order valence-electron chi connectivity index (χ1n) is 11.9. The third kappa shape index (κ3) is 6.94. The van der Waals surface area contributed by atoms with E-state index >= 15 is 0 Å². The lowest BCUT2D eigenvalue weighted by atomic mass is 10.1. The van der Waals surface area contributed by atoms with E-state index in [1.165, 1.54) is 66.7 Å². The largest absolute Gasteiger partial charge is 0.422 e. The summed E-state index contributed by atoms with van der Waals surface area (Å²) in [6.45, 7) is 0. The summed E-state index contributed by atoms with van der Waals surface area (Å²) in [4.78, 5) is 36.3. The fourth-order valence-electron chi connectivity index (χ4n) is 3.80. The summed E-state index contributed by atoms with van der Waals surface area (Å²) in [6.07, 6.45) is -5.74. The predicted octanol–water partition coefficient (Wildman–Crippen LogP) is 7.89. The first kappa shape index (κ1) is 31.0. The molecule has 2 N–H and O–H groups in total. The molecule has 0 spiro atoms. The number of nitro groups is 1. The van der Waals surface area contributed by atoms with Crippen molar-refractivity contribution in [2.75, 3.05) is 10.6 Å².